The minimum Gasteiger partial charge on any atom is -0.444 e. The van der Waals surface area contributed by atoms with E-state index in [4.69, 9.17) is 4.74 Å². The molecule has 0 unspecified atom stereocenters. The van der Waals surface area contributed by atoms with E-state index in [1.165, 1.54) is 5.56 Å². The first-order valence-corrected chi connectivity index (χ1v) is 14.2. The maximum Gasteiger partial charge on any atom is 0.411 e. The fourth-order valence-corrected chi connectivity index (χ4v) is 6.28. The molecule has 2 aliphatic heterocycles. The molecule has 38 heavy (non-hydrogen) atoms. The number of rotatable bonds is 7. The van der Waals surface area contributed by atoms with E-state index in [2.05, 4.69) is 23.5 Å². The molecule has 2 bridgehead atoms. The van der Waals surface area contributed by atoms with E-state index >= 15 is 0 Å². The van der Waals surface area contributed by atoms with Crippen LogP contribution < -0.4 is 5.32 Å². The summed E-state index contributed by atoms with van der Waals surface area (Å²) in [7, 11) is 0. The molecule has 1 aromatic rings. The number of hydrogen-bond acceptors (Lipinski definition) is 5. The number of nitrogens with one attached hydrogen (secondary N) is 1. The van der Waals surface area contributed by atoms with Crippen LogP contribution in [-0.4, -0.2) is 64.5 Å². The Labute approximate surface area is 226 Å². The SMILES string of the molecule is CCCC(=O)N1CCC(c2ccc(C[C@@H](C#N)NC(=O)[C@@H]3[C@H]4CC[C@H](C4)N3C(=O)OC(C)(C)C)cc2)CC1. The van der Waals surface area contributed by atoms with Gasteiger partial charge in [-0.05, 0) is 82.3 Å². The molecule has 8 heteroatoms. The van der Waals surface area contributed by atoms with Crippen LogP contribution in [0.4, 0.5) is 4.79 Å². The van der Waals surface area contributed by atoms with Crippen LogP contribution in [0.2, 0.25) is 0 Å². The Kier molecular flexibility index (Phi) is 8.64. The first kappa shape index (κ1) is 27.9. The zero-order chi connectivity index (χ0) is 27.4. The molecule has 1 aromatic carbocycles. The number of carbonyl (C=O) groups excluding carboxylic acids is 3. The van der Waals surface area contributed by atoms with Gasteiger partial charge in [0.2, 0.25) is 11.8 Å². The summed E-state index contributed by atoms with van der Waals surface area (Å²) < 4.78 is 5.59. The van der Waals surface area contributed by atoms with Crippen LogP contribution in [0.5, 0.6) is 0 Å². The predicted octanol–water partition coefficient (Wildman–Crippen LogP) is 4.53. The molecule has 3 aliphatic rings. The first-order valence-electron chi connectivity index (χ1n) is 14.2. The van der Waals surface area contributed by atoms with Gasteiger partial charge in [-0.25, -0.2) is 4.79 Å². The monoisotopic (exact) mass is 522 g/mol. The van der Waals surface area contributed by atoms with Gasteiger partial charge in [-0.1, -0.05) is 31.2 Å². The molecule has 4 atom stereocenters. The average molecular weight is 523 g/mol. The molecule has 8 nitrogen and oxygen atoms in total. The number of ether oxygens (including phenoxy) is 1. The fourth-order valence-electron chi connectivity index (χ4n) is 6.28. The number of carbonyl (C=O) groups is 3. The molecule has 1 saturated carbocycles. The van der Waals surface area contributed by atoms with Gasteiger partial charge < -0.3 is 15.0 Å². The van der Waals surface area contributed by atoms with Crippen LogP contribution in [0.3, 0.4) is 0 Å². The summed E-state index contributed by atoms with van der Waals surface area (Å²) in [6.07, 6.45) is 5.98. The predicted molar refractivity (Wildman–Crippen MR) is 144 cm³/mol. The molecule has 3 fully saturated rings. The van der Waals surface area contributed by atoms with Crippen molar-refractivity contribution in [2.45, 2.75) is 109 Å². The molecule has 0 aromatic heterocycles. The number of piperidine rings is 2. The second-order valence-corrected chi connectivity index (χ2v) is 12.1. The van der Waals surface area contributed by atoms with Crippen molar-refractivity contribution in [2.75, 3.05) is 13.1 Å². The quantitative estimate of drug-likeness (QED) is 0.567. The number of amides is 3. The molecule has 2 saturated heterocycles. The van der Waals surface area contributed by atoms with Crippen LogP contribution in [0.25, 0.3) is 0 Å². The van der Waals surface area contributed by atoms with Gasteiger partial charge >= 0.3 is 6.09 Å². The Bertz CT molecular complexity index is 1050. The van der Waals surface area contributed by atoms with E-state index in [9.17, 15) is 19.6 Å². The van der Waals surface area contributed by atoms with Crippen LogP contribution in [0.1, 0.15) is 89.7 Å². The van der Waals surface area contributed by atoms with Crippen LogP contribution >= 0.6 is 0 Å². The Morgan fingerprint density at radius 1 is 1.11 bits per heavy atom. The zero-order valence-corrected chi connectivity index (χ0v) is 23.2. The maximum absolute atomic E-state index is 13.3. The topological polar surface area (TPSA) is 103 Å². The van der Waals surface area contributed by atoms with Crippen molar-refractivity contribution in [2.24, 2.45) is 5.92 Å². The van der Waals surface area contributed by atoms with Gasteiger partial charge in [0.05, 0.1) is 6.07 Å². The van der Waals surface area contributed by atoms with E-state index in [0.717, 1.165) is 57.2 Å². The largest absolute Gasteiger partial charge is 0.444 e. The smallest absolute Gasteiger partial charge is 0.411 e. The Morgan fingerprint density at radius 2 is 1.79 bits per heavy atom. The van der Waals surface area contributed by atoms with Crippen molar-refractivity contribution in [3.63, 3.8) is 0 Å². The highest BCUT2D eigenvalue weighted by atomic mass is 16.6. The molecular weight excluding hydrogens is 480 g/mol. The Morgan fingerprint density at radius 3 is 2.39 bits per heavy atom. The molecule has 4 rings (SSSR count). The molecule has 0 radical (unpaired) electrons. The lowest BCUT2D eigenvalue weighted by Gasteiger charge is -2.35. The summed E-state index contributed by atoms with van der Waals surface area (Å²) in [5.41, 5.74) is 1.60. The Balaban J connectivity index is 1.33. The van der Waals surface area contributed by atoms with Gasteiger partial charge in [-0.15, -0.1) is 0 Å². The minimum absolute atomic E-state index is 0.0234. The van der Waals surface area contributed by atoms with Gasteiger partial charge in [0.25, 0.3) is 0 Å². The number of hydrogen-bond donors (Lipinski definition) is 1. The van der Waals surface area contributed by atoms with E-state index in [-0.39, 0.29) is 23.8 Å². The molecular formula is C30H42N4O4. The van der Waals surface area contributed by atoms with Crippen LogP contribution in [0, 0.1) is 17.2 Å². The molecule has 0 spiro atoms. The number of fused-ring (bicyclic) bond motifs is 2. The number of nitrogens with zero attached hydrogens (tertiary/aromatic N) is 3. The molecule has 1 N–H and O–H groups in total. The van der Waals surface area contributed by atoms with Crippen LogP contribution in [-0.2, 0) is 20.7 Å². The van der Waals surface area contributed by atoms with Crippen molar-refractivity contribution in [3.05, 3.63) is 35.4 Å². The number of benzene rings is 1. The van der Waals surface area contributed by atoms with E-state index < -0.39 is 23.8 Å². The summed E-state index contributed by atoms with van der Waals surface area (Å²) in [4.78, 5) is 42.0. The van der Waals surface area contributed by atoms with Crippen molar-refractivity contribution < 1.29 is 19.1 Å². The summed E-state index contributed by atoms with van der Waals surface area (Å²) in [6, 6.07) is 9.28. The summed E-state index contributed by atoms with van der Waals surface area (Å²) >= 11 is 0. The standard InChI is InChI=1S/C30H42N4O4/c1-5-6-26(35)33-15-13-22(14-16-33)21-9-7-20(8-10-21)17-24(19-31)32-28(36)27-23-11-12-25(18-23)34(27)29(37)38-30(2,3)4/h7-10,22-25,27H,5-6,11-18H2,1-4H3,(H,32,36)/t23-,24-,25+,27-/m0/s1. The zero-order valence-electron chi connectivity index (χ0n) is 23.2. The third kappa shape index (κ3) is 6.48. The van der Waals surface area contributed by atoms with E-state index in [0.29, 0.717) is 18.8 Å². The van der Waals surface area contributed by atoms with Crippen molar-refractivity contribution in [1.29, 1.82) is 5.26 Å². The average Bonchev–Trinajstić information content (AvgIpc) is 3.50. The highest BCUT2D eigenvalue weighted by Gasteiger charge is 2.52. The molecule has 206 valence electrons. The fraction of sp³-hybridized carbons (Fsp3) is 0.667. The lowest BCUT2D eigenvalue weighted by molar-refractivity contribution is -0.132. The molecule has 1 aliphatic carbocycles. The third-order valence-corrected chi connectivity index (χ3v) is 8.13. The summed E-state index contributed by atoms with van der Waals surface area (Å²) in [5.74, 6) is 0.522. The lowest BCUT2D eigenvalue weighted by Crippen LogP contribution is -2.55. The van der Waals surface area contributed by atoms with Gasteiger partial charge in [0, 0.05) is 32.0 Å². The van der Waals surface area contributed by atoms with Gasteiger partial charge in [0.15, 0.2) is 0 Å². The summed E-state index contributed by atoms with van der Waals surface area (Å²) in [6.45, 7) is 9.11. The van der Waals surface area contributed by atoms with Crippen molar-refractivity contribution in [1.82, 2.24) is 15.1 Å². The second-order valence-electron chi connectivity index (χ2n) is 12.1. The van der Waals surface area contributed by atoms with Crippen LogP contribution in [0.15, 0.2) is 24.3 Å². The van der Waals surface area contributed by atoms with Gasteiger partial charge in [-0.3, -0.25) is 14.5 Å². The molecule has 2 heterocycles. The number of likely N-dealkylation sites (tertiary alicyclic amines) is 2. The highest BCUT2D eigenvalue weighted by molar-refractivity contribution is 5.87. The van der Waals surface area contributed by atoms with Crippen molar-refractivity contribution >= 4 is 17.9 Å². The Hall–Kier alpha value is -3.08. The van der Waals surface area contributed by atoms with Gasteiger partial charge in [0.1, 0.15) is 17.7 Å². The van der Waals surface area contributed by atoms with Gasteiger partial charge in [-0.2, -0.15) is 5.26 Å². The van der Waals surface area contributed by atoms with E-state index in [1.54, 1.807) is 4.90 Å². The third-order valence-electron chi connectivity index (χ3n) is 8.13. The lowest BCUT2D eigenvalue weighted by atomic mass is 9.88. The van der Waals surface area contributed by atoms with Crippen molar-refractivity contribution in [3.8, 4) is 6.07 Å². The minimum atomic E-state index is -0.680. The first-order chi connectivity index (χ1) is 18.1. The normalized spacial score (nSPS) is 24.1. The second kappa shape index (κ2) is 11.8. The molecule has 3 amide bonds. The summed E-state index contributed by atoms with van der Waals surface area (Å²) in [5, 5.41) is 12.7. The number of nitriles is 1. The maximum atomic E-state index is 13.3. The highest BCUT2D eigenvalue weighted by Crippen LogP contribution is 2.43. The van der Waals surface area contributed by atoms with E-state index in [1.807, 2.05) is 44.7 Å².